The lowest BCUT2D eigenvalue weighted by Gasteiger charge is -2.20. The van der Waals surface area contributed by atoms with Gasteiger partial charge in [0.2, 0.25) is 0 Å². The van der Waals surface area contributed by atoms with Gasteiger partial charge in [0, 0.05) is 19.1 Å². The second-order valence-corrected chi connectivity index (χ2v) is 4.99. The van der Waals surface area contributed by atoms with Crippen LogP contribution in [0.25, 0.3) is 0 Å². The second-order valence-electron chi connectivity index (χ2n) is 4.99. The van der Waals surface area contributed by atoms with Crippen LogP contribution in [0.2, 0.25) is 0 Å². The molecule has 0 aromatic rings. The van der Waals surface area contributed by atoms with Crippen molar-refractivity contribution in [3.63, 3.8) is 0 Å². The van der Waals surface area contributed by atoms with Crippen molar-refractivity contribution in [2.24, 2.45) is 11.8 Å². The third-order valence-electron chi connectivity index (χ3n) is 3.52. The van der Waals surface area contributed by atoms with Gasteiger partial charge in [-0.25, -0.2) is 0 Å². The van der Waals surface area contributed by atoms with Crippen LogP contribution in [0.3, 0.4) is 0 Å². The van der Waals surface area contributed by atoms with Gasteiger partial charge in [-0.2, -0.15) is 0 Å². The summed E-state index contributed by atoms with van der Waals surface area (Å²) in [5.74, 6) is 2.00. The first kappa shape index (κ1) is 9.47. The van der Waals surface area contributed by atoms with Crippen LogP contribution in [0.15, 0.2) is 0 Å². The molecule has 1 saturated heterocycles. The van der Waals surface area contributed by atoms with Gasteiger partial charge >= 0.3 is 0 Å². The van der Waals surface area contributed by atoms with E-state index in [0.717, 1.165) is 17.9 Å². The Morgan fingerprint density at radius 3 is 2.69 bits per heavy atom. The average molecular weight is 182 g/mol. The van der Waals surface area contributed by atoms with Gasteiger partial charge in [-0.1, -0.05) is 6.92 Å². The van der Waals surface area contributed by atoms with Crippen LogP contribution in [-0.4, -0.2) is 37.6 Å². The molecule has 2 fully saturated rings. The number of nitrogens with zero attached hydrogens (tertiary/aromatic N) is 1. The van der Waals surface area contributed by atoms with E-state index in [0.29, 0.717) is 0 Å². The fourth-order valence-electron chi connectivity index (χ4n) is 2.42. The summed E-state index contributed by atoms with van der Waals surface area (Å²) in [6.07, 6.45) is 4.21. The van der Waals surface area contributed by atoms with Crippen molar-refractivity contribution in [2.45, 2.75) is 32.2 Å². The normalized spacial score (nSPS) is 38.5. The number of nitrogens with one attached hydrogen (secondary N) is 1. The summed E-state index contributed by atoms with van der Waals surface area (Å²) in [5, 5.41) is 3.55. The highest BCUT2D eigenvalue weighted by molar-refractivity contribution is 4.86. The summed E-state index contributed by atoms with van der Waals surface area (Å²) in [4.78, 5) is 2.51. The lowest BCUT2D eigenvalue weighted by atomic mass is 10.2. The number of hydrogen-bond donors (Lipinski definition) is 1. The predicted octanol–water partition coefficient (Wildman–Crippen LogP) is 1.33. The fourth-order valence-corrected chi connectivity index (χ4v) is 2.42. The molecule has 1 N–H and O–H groups in total. The maximum absolute atomic E-state index is 3.55. The van der Waals surface area contributed by atoms with Gasteiger partial charge in [-0.3, -0.25) is 0 Å². The van der Waals surface area contributed by atoms with Gasteiger partial charge in [0.1, 0.15) is 0 Å². The highest BCUT2D eigenvalue weighted by Gasteiger charge is 2.33. The predicted molar refractivity (Wildman–Crippen MR) is 55.8 cm³/mol. The van der Waals surface area contributed by atoms with Crippen molar-refractivity contribution in [1.82, 2.24) is 10.2 Å². The molecule has 1 saturated carbocycles. The number of hydrogen-bond acceptors (Lipinski definition) is 2. The van der Waals surface area contributed by atoms with E-state index in [-0.39, 0.29) is 0 Å². The molecule has 2 aliphatic rings. The Morgan fingerprint density at radius 1 is 1.38 bits per heavy atom. The van der Waals surface area contributed by atoms with Crippen LogP contribution in [-0.2, 0) is 0 Å². The topological polar surface area (TPSA) is 15.3 Å². The molecule has 2 nitrogen and oxygen atoms in total. The first-order valence-electron chi connectivity index (χ1n) is 5.67. The molecule has 0 bridgehead atoms. The van der Waals surface area contributed by atoms with Crippen molar-refractivity contribution >= 4 is 0 Å². The summed E-state index contributed by atoms with van der Waals surface area (Å²) < 4.78 is 0. The summed E-state index contributed by atoms with van der Waals surface area (Å²) in [5.41, 5.74) is 0. The highest BCUT2D eigenvalue weighted by atomic mass is 15.1. The Labute approximate surface area is 81.7 Å². The molecule has 0 radical (unpaired) electrons. The van der Waals surface area contributed by atoms with Crippen LogP contribution in [0.4, 0.5) is 0 Å². The van der Waals surface area contributed by atoms with Crippen molar-refractivity contribution in [2.75, 3.05) is 26.7 Å². The lowest BCUT2D eigenvalue weighted by molar-refractivity contribution is 0.285. The largest absolute Gasteiger partial charge is 0.313 e. The van der Waals surface area contributed by atoms with E-state index < -0.39 is 0 Å². The zero-order chi connectivity index (χ0) is 9.26. The van der Waals surface area contributed by atoms with Gasteiger partial charge in [0.25, 0.3) is 0 Å². The third kappa shape index (κ3) is 2.68. The Balaban J connectivity index is 1.62. The summed E-state index contributed by atoms with van der Waals surface area (Å²) >= 11 is 0. The molecule has 2 unspecified atom stereocenters. The molecular formula is C11H22N2. The molecule has 1 heterocycles. The molecular weight excluding hydrogens is 160 g/mol. The zero-order valence-corrected chi connectivity index (χ0v) is 8.92. The zero-order valence-electron chi connectivity index (χ0n) is 8.92. The van der Waals surface area contributed by atoms with Crippen molar-refractivity contribution in [3.8, 4) is 0 Å². The Kier molecular flexibility index (Phi) is 2.89. The van der Waals surface area contributed by atoms with Gasteiger partial charge in [-0.15, -0.1) is 0 Å². The molecule has 0 aromatic heterocycles. The van der Waals surface area contributed by atoms with Crippen LogP contribution < -0.4 is 5.32 Å². The highest BCUT2D eigenvalue weighted by Crippen LogP contribution is 2.37. The van der Waals surface area contributed by atoms with Crippen LogP contribution in [0, 0.1) is 11.8 Å². The molecule has 1 aliphatic carbocycles. The smallest absolute Gasteiger partial charge is 0.0195 e. The molecule has 1 aliphatic heterocycles. The maximum Gasteiger partial charge on any atom is 0.0195 e. The van der Waals surface area contributed by atoms with Crippen LogP contribution >= 0.6 is 0 Å². The van der Waals surface area contributed by atoms with Crippen molar-refractivity contribution in [1.29, 1.82) is 0 Å². The van der Waals surface area contributed by atoms with Crippen molar-refractivity contribution < 1.29 is 0 Å². The molecule has 13 heavy (non-hydrogen) atoms. The minimum atomic E-state index is 0.777. The standard InChI is InChI=1S/C11H22N2/c1-9-6-10(9)7-13(2)8-11-4-3-5-12-11/h9-12H,3-8H2,1-2H3/t9?,10?,11-/m0/s1. The van der Waals surface area contributed by atoms with E-state index in [2.05, 4.69) is 24.2 Å². The molecule has 3 atom stereocenters. The lowest BCUT2D eigenvalue weighted by Crippen LogP contribution is -2.36. The quantitative estimate of drug-likeness (QED) is 0.705. The molecule has 0 spiro atoms. The number of likely N-dealkylation sites (N-methyl/N-ethyl adjacent to an activating group) is 1. The molecule has 76 valence electrons. The fraction of sp³-hybridized carbons (Fsp3) is 1.00. The van der Waals surface area contributed by atoms with E-state index in [9.17, 15) is 0 Å². The molecule has 0 aromatic carbocycles. The summed E-state index contributed by atoms with van der Waals surface area (Å²) in [6, 6.07) is 0.777. The Morgan fingerprint density at radius 2 is 2.15 bits per heavy atom. The minimum absolute atomic E-state index is 0.777. The second kappa shape index (κ2) is 3.97. The van der Waals surface area contributed by atoms with Gasteiger partial charge in [-0.05, 0) is 44.7 Å². The maximum atomic E-state index is 3.55. The van der Waals surface area contributed by atoms with E-state index in [4.69, 9.17) is 0 Å². The summed E-state index contributed by atoms with van der Waals surface area (Å²) in [6.45, 7) is 6.17. The number of rotatable bonds is 4. The Bertz CT molecular complexity index is 163. The van der Waals surface area contributed by atoms with Crippen LogP contribution in [0.5, 0.6) is 0 Å². The first-order valence-corrected chi connectivity index (χ1v) is 5.67. The van der Waals surface area contributed by atoms with E-state index in [1.165, 1.54) is 38.9 Å². The first-order chi connectivity index (χ1) is 6.25. The monoisotopic (exact) mass is 182 g/mol. The van der Waals surface area contributed by atoms with Gasteiger partial charge < -0.3 is 10.2 Å². The Hall–Kier alpha value is -0.0800. The SMILES string of the molecule is CC1CC1CN(C)C[C@@H]1CCCN1. The molecule has 2 rings (SSSR count). The molecule has 0 amide bonds. The minimum Gasteiger partial charge on any atom is -0.313 e. The third-order valence-corrected chi connectivity index (χ3v) is 3.52. The van der Waals surface area contributed by atoms with Crippen LogP contribution in [0.1, 0.15) is 26.2 Å². The van der Waals surface area contributed by atoms with E-state index in [1.54, 1.807) is 0 Å². The van der Waals surface area contributed by atoms with Gasteiger partial charge in [0.05, 0.1) is 0 Å². The van der Waals surface area contributed by atoms with Crippen molar-refractivity contribution in [3.05, 3.63) is 0 Å². The van der Waals surface area contributed by atoms with E-state index in [1.807, 2.05) is 0 Å². The summed E-state index contributed by atoms with van der Waals surface area (Å²) in [7, 11) is 2.27. The van der Waals surface area contributed by atoms with E-state index >= 15 is 0 Å². The molecule has 2 heteroatoms. The average Bonchev–Trinajstić information content (AvgIpc) is 2.61. The van der Waals surface area contributed by atoms with Gasteiger partial charge in [0.15, 0.2) is 0 Å².